The van der Waals surface area contributed by atoms with E-state index in [1.165, 1.54) is 17.4 Å². The van der Waals surface area contributed by atoms with Crippen LogP contribution in [-0.2, 0) is 14.8 Å². The van der Waals surface area contributed by atoms with Crippen molar-refractivity contribution in [1.82, 2.24) is 14.5 Å². The second kappa shape index (κ2) is 5.42. The van der Waals surface area contributed by atoms with E-state index in [2.05, 4.69) is 10.2 Å². The average molecular weight is 285 g/mol. The molecule has 106 valence electrons. The summed E-state index contributed by atoms with van der Waals surface area (Å²) in [5, 5.41) is 6.42. The minimum atomic E-state index is -3.56. The van der Waals surface area contributed by atoms with Gasteiger partial charge in [0.25, 0.3) is 0 Å². The smallest absolute Gasteiger partial charge is 0.246 e. The Morgan fingerprint density at radius 2 is 2.26 bits per heavy atom. The summed E-state index contributed by atoms with van der Waals surface area (Å²) in [7, 11) is -3.56. The molecule has 19 heavy (non-hydrogen) atoms. The summed E-state index contributed by atoms with van der Waals surface area (Å²) >= 11 is 0. The quantitative estimate of drug-likeness (QED) is 0.902. The summed E-state index contributed by atoms with van der Waals surface area (Å²) in [5.74, 6) is 0.0241. The van der Waals surface area contributed by atoms with Crippen molar-refractivity contribution in [3.63, 3.8) is 0 Å². The molecule has 0 aromatic carbocycles. The fraction of sp³-hybridized carbons (Fsp3) is 0.667. The number of carbonyl (C=O) groups is 1. The maximum Gasteiger partial charge on any atom is 0.246 e. The molecule has 0 radical (unpaired) electrons. The van der Waals surface area contributed by atoms with Crippen molar-refractivity contribution in [3.8, 4) is 0 Å². The Labute approximate surface area is 113 Å². The third-order valence-corrected chi connectivity index (χ3v) is 5.53. The Balaban J connectivity index is 2.32. The predicted octanol–water partition coefficient (Wildman–Crippen LogP) is 1.24. The van der Waals surface area contributed by atoms with Gasteiger partial charge in [-0.25, -0.2) is 8.42 Å². The Morgan fingerprint density at radius 1 is 1.53 bits per heavy atom. The second-order valence-electron chi connectivity index (χ2n) is 5.03. The molecule has 1 aliphatic heterocycles. The first-order valence-electron chi connectivity index (χ1n) is 6.44. The van der Waals surface area contributed by atoms with Crippen LogP contribution in [0, 0.1) is 6.92 Å². The van der Waals surface area contributed by atoms with Gasteiger partial charge >= 0.3 is 0 Å². The summed E-state index contributed by atoms with van der Waals surface area (Å²) in [6, 6.07) is -0.217. The van der Waals surface area contributed by atoms with Crippen LogP contribution in [0.3, 0.4) is 0 Å². The van der Waals surface area contributed by atoms with Crippen LogP contribution in [0.4, 0.5) is 0 Å². The van der Waals surface area contributed by atoms with E-state index in [0.717, 1.165) is 19.3 Å². The normalized spacial score (nSPS) is 21.5. The Kier molecular flexibility index (Phi) is 4.05. The highest BCUT2D eigenvalue weighted by Crippen LogP contribution is 2.27. The van der Waals surface area contributed by atoms with Crippen LogP contribution in [0.2, 0.25) is 0 Å². The van der Waals surface area contributed by atoms with Crippen LogP contribution in [0.25, 0.3) is 0 Å². The number of aromatic nitrogens is 2. The van der Waals surface area contributed by atoms with Gasteiger partial charge in [0, 0.05) is 19.0 Å². The van der Waals surface area contributed by atoms with Crippen LogP contribution in [0.15, 0.2) is 11.1 Å². The highest BCUT2D eigenvalue weighted by Gasteiger charge is 2.35. The number of carbonyl (C=O) groups excluding carboxylic acids is 1. The fourth-order valence-electron chi connectivity index (χ4n) is 2.55. The molecule has 1 atom stereocenters. The average Bonchev–Trinajstić information content (AvgIpc) is 2.76. The van der Waals surface area contributed by atoms with E-state index in [9.17, 15) is 13.2 Å². The molecule has 1 unspecified atom stereocenters. The van der Waals surface area contributed by atoms with Gasteiger partial charge < -0.3 is 0 Å². The maximum atomic E-state index is 12.6. The molecular formula is C12H19N3O3S. The Morgan fingerprint density at radius 3 is 2.84 bits per heavy atom. The van der Waals surface area contributed by atoms with E-state index in [1.807, 2.05) is 0 Å². The van der Waals surface area contributed by atoms with Crippen molar-refractivity contribution in [2.45, 2.75) is 50.5 Å². The first-order valence-corrected chi connectivity index (χ1v) is 7.88. The molecule has 6 nitrogen and oxygen atoms in total. The minimum Gasteiger partial charge on any atom is -0.300 e. The molecule has 0 bridgehead atoms. The number of nitrogens with zero attached hydrogens (tertiary/aromatic N) is 2. The third-order valence-electron chi connectivity index (χ3n) is 3.47. The number of hydrogen-bond acceptors (Lipinski definition) is 4. The molecule has 1 aliphatic rings. The fourth-order valence-corrected chi connectivity index (χ4v) is 4.37. The van der Waals surface area contributed by atoms with Crippen molar-refractivity contribution in [3.05, 3.63) is 11.9 Å². The Hall–Kier alpha value is -1.21. The number of ketones is 1. The maximum absolute atomic E-state index is 12.6. The minimum absolute atomic E-state index is 0.0241. The standard InChI is InChI=1S/C12H19N3O3S/c1-9(16)7-11-5-3-4-6-15(11)19(17,18)12-8-13-14-10(12)2/h8,11H,3-7H2,1-2H3,(H,13,14). The Bertz CT molecular complexity index is 565. The van der Waals surface area contributed by atoms with Crippen molar-refractivity contribution < 1.29 is 13.2 Å². The molecule has 0 spiro atoms. The zero-order valence-corrected chi connectivity index (χ0v) is 12.0. The molecule has 1 N–H and O–H groups in total. The monoisotopic (exact) mass is 285 g/mol. The van der Waals surface area contributed by atoms with E-state index >= 15 is 0 Å². The third kappa shape index (κ3) is 2.87. The first-order chi connectivity index (χ1) is 8.93. The van der Waals surface area contributed by atoms with Gasteiger partial charge in [-0.2, -0.15) is 9.40 Å². The number of rotatable bonds is 4. The van der Waals surface area contributed by atoms with Gasteiger partial charge in [0.05, 0.1) is 11.9 Å². The lowest BCUT2D eigenvalue weighted by Crippen LogP contribution is -2.44. The number of H-pyrrole nitrogens is 1. The highest BCUT2D eigenvalue weighted by molar-refractivity contribution is 7.89. The SMILES string of the molecule is CC(=O)CC1CCCCN1S(=O)(=O)c1cn[nH]c1C. The molecule has 1 saturated heterocycles. The number of sulfonamides is 1. The lowest BCUT2D eigenvalue weighted by atomic mass is 10.0. The second-order valence-corrected chi connectivity index (χ2v) is 6.89. The van der Waals surface area contributed by atoms with Gasteiger partial charge in [-0.15, -0.1) is 0 Å². The molecule has 1 aromatic heterocycles. The zero-order valence-electron chi connectivity index (χ0n) is 11.2. The summed E-state index contributed by atoms with van der Waals surface area (Å²) in [5.41, 5.74) is 0.534. The molecule has 0 amide bonds. The molecule has 7 heteroatoms. The van der Waals surface area contributed by atoms with Gasteiger partial charge in [0.2, 0.25) is 10.0 Å². The van der Waals surface area contributed by atoms with E-state index < -0.39 is 10.0 Å². The zero-order chi connectivity index (χ0) is 14.0. The van der Waals surface area contributed by atoms with Crippen molar-refractivity contribution in [2.24, 2.45) is 0 Å². The van der Waals surface area contributed by atoms with Gasteiger partial charge in [-0.05, 0) is 26.7 Å². The number of piperidine rings is 1. The molecule has 0 aliphatic carbocycles. The van der Waals surface area contributed by atoms with Crippen LogP contribution < -0.4 is 0 Å². The van der Waals surface area contributed by atoms with E-state index in [0.29, 0.717) is 12.2 Å². The predicted molar refractivity (Wildman–Crippen MR) is 70.2 cm³/mol. The van der Waals surface area contributed by atoms with Gasteiger partial charge in [-0.3, -0.25) is 9.89 Å². The number of hydrogen-bond donors (Lipinski definition) is 1. The van der Waals surface area contributed by atoms with Gasteiger partial charge in [-0.1, -0.05) is 6.42 Å². The summed E-state index contributed by atoms with van der Waals surface area (Å²) in [4.78, 5) is 11.5. The first kappa shape index (κ1) is 14.2. The van der Waals surface area contributed by atoms with E-state index in [1.54, 1.807) is 6.92 Å². The summed E-state index contributed by atoms with van der Waals surface area (Å²) < 4.78 is 26.7. The topological polar surface area (TPSA) is 83.1 Å². The highest BCUT2D eigenvalue weighted by atomic mass is 32.2. The van der Waals surface area contributed by atoms with E-state index in [4.69, 9.17) is 0 Å². The molecule has 1 fully saturated rings. The summed E-state index contributed by atoms with van der Waals surface area (Å²) in [6.07, 6.45) is 4.18. The van der Waals surface area contributed by atoms with Crippen molar-refractivity contribution in [1.29, 1.82) is 0 Å². The van der Waals surface area contributed by atoms with Crippen LogP contribution >= 0.6 is 0 Å². The summed E-state index contributed by atoms with van der Waals surface area (Å²) in [6.45, 7) is 3.66. The number of aryl methyl sites for hydroxylation is 1. The van der Waals surface area contributed by atoms with E-state index in [-0.39, 0.29) is 23.1 Å². The van der Waals surface area contributed by atoms with Crippen LogP contribution in [0.5, 0.6) is 0 Å². The lowest BCUT2D eigenvalue weighted by molar-refractivity contribution is -0.118. The molecule has 0 saturated carbocycles. The molecule has 2 heterocycles. The van der Waals surface area contributed by atoms with Gasteiger partial charge in [0.15, 0.2) is 0 Å². The van der Waals surface area contributed by atoms with Gasteiger partial charge in [0.1, 0.15) is 10.7 Å². The molecule has 2 rings (SSSR count). The molecule has 1 aromatic rings. The number of Topliss-reactive ketones (excluding diaryl/α,β-unsaturated/α-hetero) is 1. The largest absolute Gasteiger partial charge is 0.300 e. The van der Waals surface area contributed by atoms with Crippen molar-refractivity contribution >= 4 is 15.8 Å². The van der Waals surface area contributed by atoms with Crippen LogP contribution in [0.1, 0.15) is 38.3 Å². The number of aromatic amines is 1. The lowest BCUT2D eigenvalue weighted by Gasteiger charge is -2.34. The molecular weight excluding hydrogens is 266 g/mol. The van der Waals surface area contributed by atoms with Crippen LogP contribution in [-0.4, -0.2) is 41.3 Å². The van der Waals surface area contributed by atoms with Crippen molar-refractivity contribution in [2.75, 3.05) is 6.54 Å². The number of nitrogens with one attached hydrogen (secondary N) is 1.